The molecule has 0 unspecified atom stereocenters. The van der Waals surface area contributed by atoms with Crippen LogP contribution in [0.25, 0.3) is 6.08 Å². The van der Waals surface area contributed by atoms with Crippen LogP contribution in [-0.2, 0) is 9.59 Å². The lowest BCUT2D eigenvalue weighted by Gasteiger charge is -2.29. The Morgan fingerprint density at radius 1 is 1.23 bits per heavy atom. The van der Waals surface area contributed by atoms with E-state index in [0.29, 0.717) is 16.3 Å². The van der Waals surface area contributed by atoms with E-state index < -0.39 is 17.6 Å². The van der Waals surface area contributed by atoms with E-state index in [0.717, 1.165) is 4.90 Å². The first-order chi connectivity index (χ1) is 12.4. The molecular weight excluding hydrogens is 379 g/mol. The highest BCUT2D eigenvalue weighted by Crippen LogP contribution is 2.28. The fourth-order valence-electron chi connectivity index (χ4n) is 2.48. The van der Waals surface area contributed by atoms with Crippen LogP contribution < -0.4 is 15.0 Å². The van der Waals surface area contributed by atoms with Gasteiger partial charge in [-0.05, 0) is 48.6 Å². The summed E-state index contributed by atoms with van der Waals surface area (Å²) in [6.07, 6.45) is 1.33. The minimum Gasteiger partial charge on any atom is -0.496 e. The summed E-state index contributed by atoms with van der Waals surface area (Å²) < 4.78 is 19.3. The number of carbonyl (C=O) groups is 2. The summed E-state index contributed by atoms with van der Waals surface area (Å²) in [5.41, 5.74) is 0.161. The molecule has 1 aliphatic rings. The third-order valence-corrected chi connectivity index (χ3v) is 4.21. The van der Waals surface area contributed by atoms with Crippen LogP contribution in [0.15, 0.2) is 48.0 Å². The first-order valence-electron chi connectivity index (χ1n) is 7.42. The summed E-state index contributed by atoms with van der Waals surface area (Å²) in [5, 5.41) is 2.61. The Labute approximate surface area is 159 Å². The van der Waals surface area contributed by atoms with Gasteiger partial charge in [0.1, 0.15) is 17.1 Å². The number of benzene rings is 2. The highest BCUT2D eigenvalue weighted by Gasteiger charge is 2.35. The highest BCUT2D eigenvalue weighted by molar-refractivity contribution is 7.80. The van der Waals surface area contributed by atoms with Gasteiger partial charge < -0.3 is 4.74 Å². The smallest absolute Gasteiger partial charge is 0.270 e. The molecule has 0 radical (unpaired) electrons. The van der Waals surface area contributed by atoms with Crippen molar-refractivity contribution in [1.29, 1.82) is 0 Å². The van der Waals surface area contributed by atoms with Crippen LogP contribution in [0.1, 0.15) is 5.56 Å². The highest BCUT2D eigenvalue weighted by atomic mass is 35.5. The molecule has 3 rings (SSSR count). The summed E-state index contributed by atoms with van der Waals surface area (Å²) in [4.78, 5) is 26.1. The summed E-state index contributed by atoms with van der Waals surface area (Å²) >= 11 is 11.0. The van der Waals surface area contributed by atoms with Crippen LogP contribution in [0.4, 0.5) is 10.1 Å². The first-order valence-corrected chi connectivity index (χ1v) is 8.20. The molecule has 8 heteroatoms. The maximum atomic E-state index is 14.1. The number of nitrogens with zero attached hydrogens (tertiary/aromatic N) is 1. The van der Waals surface area contributed by atoms with Gasteiger partial charge in [0.25, 0.3) is 11.8 Å². The second-order valence-corrected chi connectivity index (χ2v) is 6.12. The quantitative estimate of drug-likeness (QED) is 0.496. The van der Waals surface area contributed by atoms with Crippen LogP contribution in [0.2, 0.25) is 5.02 Å². The number of nitrogens with one attached hydrogen (secondary N) is 1. The van der Waals surface area contributed by atoms with Gasteiger partial charge in [-0.25, -0.2) is 9.29 Å². The van der Waals surface area contributed by atoms with Gasteiger partial charge in [0, 0.05) is 10.6 Å². The van der Waals surface area contributed by atoms with Gasteiger partial charge in [0.05, 0.1) is 12.8 Å². The Kier molecular flexibility index (Phi) is 5.01. The fourth-order valence-corrected chi connectivity index (χ4v) is 2.94. The van der Waals surface area contributed by atoms with Crippen LogP contribution >= 0.6 is 23.8 Å². The minimum absolute atomic E-state index is 0.0496. The number of para-hydroxylation sites is 1. The van der Waals surface area contributed by atoms with Gasteiger partial charge in [-0.15, -0.1) is 0 Å². The largest absolute Gasteiger partial charge is 0.496 e. The van der Waals surface area contributed by atoms with E-state index in [1.807, 2.05) is 0 Å². The number of hydrogen-bond acceptors (Lipinski definition) is 4. The lowest BCUT2D eigenvalue weighted by Crippen LogP contribution is -2.54. The molecule has 26 heavy (non-hydrogen) atoms. The van der Waals surface area contributed by atoms with Crippen molar-refractivity contribution in [3.05, 3.63) is 64.4 Å². The Bertz CT molecular complexity index is 961. The second kappa shape index (κ2) is 7.23. The SMILES string of the molecule is COc1ccc(Cl)cc1C=C1C(=O)NC(=S)N(c2ccccc2F)C1=O. The molecule has 2 amide bonds. The number of hydrogen-bond donors (Lipinski definition) is 1. The molecule has 0 spiro atoms. The van der Waals surface area contributed by atoms with Gasteiger partial charge in [0.2, 0.25) is 0 Å². The van der Waals surface area contributed by atoms with Gasteiger partial charge >= 0.3 is 0 Å². The number of halogens is 2. The van der Waals surface area contributed by atoms with E-state index >= 15 is 0 Å². The van der Waals surface area contributed by atoms with Crippen LogP contribution in [0.5, 0.6) is 5.75 Å². The molecule has 1 heterocycles. The predicted molar refractivity (Wildman–Crippen MR) is 101 cm³/mol. The van der Waals surface area contributed by atoms with Crippen molar-refractivity contribution in [3.8, 4) is 5.75 Å². The molecule has 1 saturated heterocycles. The Morgan fingerprint density at radius 3 is 2.65 bits per heavy atom. The van der Waals surface area contributed by atoms with E-state index in [1.165, 1.54) is 31.4 Å². The van der Waals surface area contributed by atoms with E-state index in [1.54, 1.807) is 24.3 Å². The normalized spacial score (nSPS) is 16.0. The average Bonchev–Trinajstić information content (AvgIpc) is 2.60. The van der Waals surface area contributed by atoms with Crippen LogP contribution in [0, 0.1) is 5.82 Å². The van der Waals surface area contributed by atoms with E-state index in [4.69, 9.17) is 28.6 Å². The van der Waals surface area contributed by atoms with Crippen molar-refractivity contribution >= 4 is 52.5 Å². The molecule has 0 bridgehead atoms. The second-order valence-electron chi connectivity index (χ2n) is 5.30. The number of anilines is 1. The Balaban J connectivity index is 2.09. The van der Waals surface area contributed by atoms with E-state index in [2.05, 4.69) is 5.32 Å². The minimum atomic E-state index is -0.745. The van der Waals surface area contributed by atoms with Crippen LogP contribution in [-0.4, -0.2) is 24.0 Å². The number of methoxy groups -OCH3 is 1. The molecule has 132 valence electrons. The number of rotatable bonds is 3. The molecule has 0 aromatic heterocycles. The molecule has 5 nitrogen and oxygen atoms in total. The molecule has 1 N–H and O–H groups in total. The summed E-state index contributed by atoms with van der Waals surface area (Å²) in [6.45, 7) is 0. The van der Waals surface area contributed by atoms with Gasteiger partial charge in [-0.2, -0.15) is 0 Å². The number of ether oxygens (including phenoxy) is 1. The number of thiocarbonyl (C=S) groups is 1. The summed E-state index contributed by atoms with van der Waals surface area (Å²) in [5.74, 6) is -1.65. The molecule has 2 aromatic rings. The van der Waals surface area contributed by atoms with Gasteiger partial charge in [-0.1, -0.05) is 23.7 Å². The average molecular weight is 391 g/mol. The molecule has 1 aliphatic heterocycles. The standard InChI is InChI=1S/C18H12ClFN2O3S/c1-25-15-7-6-11(19)8-10(15)9-12-16(23)21-18(26)22(17(12)24)14-5-3-2-4-13(14)20/h2-9H,1H3,(H,21,23,26). The third-order valence-electron chi connectivity index (χ3n) is 3.69. The first kappa shape index (κ1) is 18.0. The van der Waals surface area contributed by atoms with Crippen molar-refractivity contribution in [1.82, 2.24) is 5.32 Å². The van der Waals surface area contributed by atoms with Crippen molar-refractivity contribution in [3.63, 3.8) is 0 Å². The Morgan fingerprint density at radius 2 is 1.96 bits per heavy atom. The van der Waals surface area contributed by atoms with Crippen molar-refractivity contribution in [2.24, 2.45) is 0 Å². The lowest BCUT2D eigenvalue weighted by molar-refractivity contribution is -0.122. The molecule has 2 aromatic carbocycles. The molecule has 0 saturated carbocycles. The maximum Gasteiger partial charge on any atom is 0.270 e. The lowest BCUT2D eigenvalue weighted by atomic mass is 10.1. The fraction of sp³-hybridized carbons (Fsp3) is 0.0556. The zero-order valence-corrected chi connectivity index (χ0v) is 15.0. The summed E-state index contributed by atoms with van der Waals surface area (Å²) in [7, 11) is 1.45. The topological polar surface area (TPSA) is 58.6 Å². The molecule has 0 aliphatic carbocycles. The summed E-state index contributed by atoms with van der Waals surface area (Å²) in [6, 6.07) is 10.4. The Hall–Kier alpha value is -2.77. The molecular formula is C18H12ClFN2O3S. The van der Waals surface area contributed by atoms with Crippen molar-refractivity contribution in [2.45, 2.75) is 0 Å². The number of carbonyl (C=O) groups excluding carboxylic acids is 2. The van der Waals surface area contributed by atoms with Crippen molar-refractivity contribution < 1.29 is 18.7 Å². The zero-order valence-electron chi connectivity index (χ0n) is 13.5. The number of amides is 2. The van der Waals surface area contributed by atoms with Gasteiger partial charge in [0.15, 0.2) is 5.11 Å². The zero-order chi connectivity index (χ0) is 18.8. The molecule has 1 fully saturated rings. The van der Waals surface area contributed by atoms with E-state index in [-0.39, 0.29) is 16.4 Å². The maximum absolute atomic E-state index is 14.1. The third kappa shape index (κ3) is 3.31. The van der Waals surface area contributed by atoms with Crippen molar-refractivity contribution in [2.75, 3.05) is 12.0 Å². The molecule has 0 atom stereocenters. The monoisotopic (exact) mass is 390 g/mol. The predicted octanol–water partition coefficient (Wildman–Crippen LogP) is 3.32. The van der Waals surface area contributed by atoms with Crippen LogP contribution in [0.3, 0.4) is 0 Å². The van der Waals surface area contributed by atoms with Gasteiger partial charge in [-0.3, -0.25) is 14.9 Å². The van der Waals surface area contributed by atoms with E-state index in [9.17, 15) is 14.0 Å².